The summed E-state index contributed by atoms with van der Waals surface area (Å²) in [7, 11) is 0. The van der Waals surface area contributed by atoms with Crippen molar-refractivity contribution < 1.29 is 5.11 Å². The van der Waals surface area contributed by atoms with Crippen molar-refractivity contribution in [2.24, 2.45) is 0 Å². The van der Waals surface area contributed by atoms with Crippen molar-refractivity contribution >= 4 is 11.0 Å². The summed E-state index contributed by atoms with van der Waals surface area (Å²) in [5, 5.41) is 8.86. The molecule has 0 saturated carbocycles. The Morgan fingerprint density at radius 2 is 2.16 bits per heavy atom. The molecule has 0 aliphatic carbocycles. The minimum absolute atomic E-state index is 0.138. The molecule has 0 fully saturated rings. The van der Waals surface area contributed by atoms with E-state index in [1.807, 2.05) is 31.2 Å². The number of benzene rings is 1. The SMILES string of the molecule is CCN(CCCO)Cc1nc2ccccc2[nH]c1=O. The van der Waals surface area contributed by atoms with Crippen LogP contribution in [-0.2, 0) is 6.54 Å². The van der Waals surface area contributed by atoms with Crippen molar-refractivity contribution in [2.45, 2.75) is 19.9 Å². The van der Waals surface area contributed by atoms with Gasteiger partial charge in [0.25, 0.3) is 5.56 Å². The van der Waals surface area contributed by atoms with E-state index < -0.39 is 0 Å². The molecule has 0 aliphatic rings. The van der Waals surface area contributed by atoms with Gasteiger partial charge in [0.15, 0.2) is 0 Å². The third kappa shape index (κ3) is 3.39. The Bertz CT molecular complexity index is 595. The fourth-order valence-corrected chi connectivity index (χ4v) is 2.03. The van der Waals surface area contributed by atoms with Crippen LogP contribution in [0, 0.1) is 0 Å². The van der Waals surface area contributed by atoms with Gasteiger partial charge >= 0.3 is 0 Å². The van der Waals surface area contributed by atoms with Gasteiger partial charge in [0.05, 0.1) is 11.0 Å². The normalized spacial score (nSPS) is 11.3. The Hall–Kier alpha value is -1.72. The van der Waals surface area contributed by atoms with Gasteiger partial charge in [-0.1, -0.05) is 19.1 Å². The summed E-state index contributed by atoms with van der Waals surface area (Å²) in [5.41, 5.74) is 1.95. The number of fused-ring (bicyclic) bond motifs is 1. The number of aromatic nitrogens is 2. The van der Waals surface area contributed by atoms with Crippen molar-refractivity contribution in [1.82, 2.24) is 14.9 Å². The van der Waals surface area contributed by atoms with E-state index in [1.165, 1.54) is 0 Å². The maximum Gasteiger partial charge on any atom is 0.271 e. The second-order valence-corrected chi connectivity index (χ2v) is 4.48. The summed E-state index contributed by atoms with van der Waals surface area (Å²) >= 11 is 0. The molecule has 1 heterocycles. The summed E-state index contributed by atoms with van der Waals surface area (Å²) in [6, 6.07) is 7.51. The van der Waals surface area contributed by atoms with Gasteiger partial charge in [0, 0.05) is 19.7 Å². The highest BCUT2D eigenvalue weighted by Gasteiger charge is 2.09. The van der Waals surface area contributed by atoms with Crippen LogP contribution in [0.5, 0.6) is 0 Å². The first-order valence-electron chi connectivity index (χ1n) is 6.55. The van der Waals surface area contributed by atoms with Crippen molar-refractivity contribution in [3.63, 3.8) is 0 Å². The van der Waals surface area contributed by atoms with Gasteiger partial charge in [-0.05, 0) is 25.1 Å². The number of hydrogen-bond acceptors (Lipinski definition) is 4. The summed E-state index contributed by atoms with van der Waals surface area (Å²) in [6.07, 6.45) is 0.708. The molecule has 19 heavy (non-hydrogen) atoms. The number of aliphatic hydroxyl groups excluding tert-OH is 1. The molecule has 0 unspecified atom stereocenters. The van der Waals surface area contributed by atoms with Crippen LogP contribution in [0.1, 0.15) is 19.0 Å². The predicted octanol–water partition coefficient (Wildman–Crippen LogP) is 1.13. The first-order valence-corrected chi connectivity index (χ1v) is 6.55. The Labute approximate surface area is 111 Å². The number of H-pyrrole nitrogens is 1. The van der Waals surface area contributed by atoms with Gasteiger partial charge in [-0.2, -0.15) is 0 Å². The van der Waals surface area contributed by atoms with Crippen LogP contribution in [0.15, 0.2) is 29.1 Å². The van der Waals surface area contributed by atoms with E-state index in [0.29, 0.717) is 18.7 Å². The fourth-order valence-electron chi connectivity index (χ4n) is 2.03. The molecular formula is C14H19N3O2. The highest BCUT2D eigenvalue weighted by atomic mass is 16.3. The van der Waals surface area contributed by atoms with Crippen LogP contribution in [-0.4, -0.2) is 39.7 Å². The van der Waals surface area contributed by atoms with Crippen molar-refractivity contribution in [2.75, 3.05) is 19.7 Å². The third-order valence-electron chi connectivity index (χ3n) is 3.12. The largest absolute Gasteiger partial charge is 0.396 e. The molecule has 0 radical (unpaired) electrons. The molecule has 5 nitrogen and oxygen atoms in total. The van der Waals surface area contributed by atoms with E-state index in [4.69, 9.17) is 5.11 Å². The molecule has 1 aromatic heterocycles. The second-order valence-electron chi connectivity index (χ2n) is 4.48. The number of hydrogen-bond donors (Lipinski definition) is 2. The molecule has 0 bridgehead atoms. The molecule has 5 heteroatoms. The maximum absolute atomic E-state index is 12.0. The minimum Gasteiger partial charge on any atom is -0.396 e. The topological polar surface area (TPSA) is 69.2 Å². The molecule has 0 aliphatic heterocycles. The number of nitrogens with one attached hydrogen (secondary N) is 1. The third-order valence-corrected chi connectivity index (χ3v) is 3.12. The number of aromatic amines is 1. The Morgan fingerprint density at radius 1 is 1.37 bits per heavy atom. The van der Waals surface area contributed by atoms with E-state index in [2.05, 4.69) is 14.9 Å². The molecule has 0 amide bonds. The second kappa shape index (κ2) is 6.45. The molecule has 0 spiro atoms. The van der Waals surface area contributed by atoms with Gasteiger partial charge in [0.2, 0.25) is 0 Å². The Balaban J connectivity index is 2.24. The highest BCUT2D eigenvalue weighted by molar-refractivity contribution is 5.73. The summed E-state index contributed by atoms with van der Waals surface area (Å²) in [4.78, 5) is 21.3. The zero-order valence-corrected chi connectivity index (χ0v) is 11.1. The van der Waals surface area contributed by atoms with Crippen LogP contribution in [0.4, 0.5) is 0 Å². The average Bonchev–Trinajstić information content (AvgIpc) is 2.43. The number of rotatable bonds is 6. The lowest BCUT2D eigenvalue weighted by Gasteiger charge is -2.18. The van der Waals surface area contributed by atoms with E-state index in [1.54, 1.807) is 0 Å². The summed E-state index contributed by atoms with van der Waals surface area (Å²) in [5.74, 6) is 0. The van der Waals surface area contributed by atoms with Crippen molar-refractivity contribution in [3.8, 4) is 0 Å². The van der Waals surface area contributed by atoms with Crippen LogP contribution in [0.2, 0.25) is 0 Å². The van der Waals surface area contributed by atoms with Crippen LogP contribution >= 0.6 is 0 Å². The van der Waals surface area contributed by atoms with Gasteiger partial charge in [0.1, 0.15) is 5.69 Å². The molecule has 1 aromatic carbocycles. The maximum atomic E-state index is 12.0. The molecule has 0 atom stereocenters. The number of nitrogens with zero attached hydrogens (tertiary/aromatic N) is 2. The van der Waals surface area contributed by atoms with E-state index in [9.17, 15) is 4.79 Å². The molecule has 2 rings (SSSR count). The van der Waals surface area contributed by atoms with Gasteiger partial charge in [-0.3, -0.25) is 9.69 Å². The van der Waals surface area contributed by atoms with Gasteiger partial charge < -0.3 is 10.1 Å². The highest BCUT2D eigenvalue weighted by Crippen LogP contribution is 2.07. The smallest absolute Gasteiger partial charge is 0.271 e. The molecular weight excluding hydrogens is 242 g/mol. The lowest BCUT2D eigenvalue weighted by Crippen LogP contribution is -2.29. The van der Waals surface area contributed by atoms with E-state index in [0.717, 1.165) is 24.1 Å². The Kier molecular flexibility index (Phi) is 4.65. The quantitative estimate of drug-likeness (QED) is 0.818. The first-order chi connectivity index (χ1) is 9.24. The predicted molar refractivity (Wildman–Crippen MR) is 75.0 cm³/mol. The number of para-hydroxylation sites is 2. The molecule has 2 N–H and O–H groups in total. The Morgan fingerprint density at radius 3 is 2.89 bits per heavy atom. The fraction of sp³-hybridized carbons (Fsp3) is 0.429. The number of aliphatic hydroxyl groups is 1. The first kappa shape index (κ1) is 13.7. The zero-order valence-electron chi connectivity index (χ0n) is 11.1. The standard InChI is InChI=1S/C14H19N3O2/c1-2-17(8-5-9-18)10-13-14(19)16-12-7-4-3-6-11(12)15-13/h3-4,6-7,18H,2,5,8-10H2,1H3,(H,16,19). The lowest BCUT2D eigenvalue weighted by atomic mass is 10.3. The molecule has 102 valence electrons. The van der Waals surface area contributed by atoms with Crippen LogP contribution in [0.3, 0.4) is 0 Å². The minimum atomic E-state index is -0.138. The molecule has 0 saturated heterocycles. The summed E-state index contributed by atoms with van der Waals surface area (Å²) < 4.78 is 0. The van der Waals surface area contributed by atoms with Crippen molar-refractivity contribution in [1.29, 1.82) is 0 Å². The molecule has 2 aromatic rings. The lowest BCUT2D eigenvalue weighted by molar-refractivity contribution is 0.223. The van der Waals surface area contributed by atoms with Crippen LogP contribution in [0.25, 0.3) is 11.0 Å². The van der Waals surface area contributed by atoms with Crippen molar-refractivity contribution in [3.05, 3.63) is 40.3 Å². The van der Waals surface area contributed by atoms with Gasteiger partial charge in [-0.25, -0.2) is 4.98 Å². The monoisotopic (exact) mass is 261 g/mol. The van der Waals surface area contributed by atoms with E-state index >= 15 is 0 Å². The van der Waals surface area contributed by atoms with Gasteiger partial charge in [-0.15, -0.1) is 0 Å². The van der Waals surface area contributed by atoms with Crippen LogP contribution < -0.4 is 5.56 Å². The van der Waals surface area contributed by atoms with E-state index in [-0.39, 0.29) is 12.2 Å². The summed E-state index contributed by atoms with van der Waals surface area (Å²) in [6.45, 7) is 4.30. The average molecular weight is 261 g/mol. The zero-order chi connectivity index (χ0) is 13.7.